The number of esters is 1. The van der Waals surface area contributed by atoms with Gasteiger partial charge in [0.15, 0.2) is 0 Å². The van der Waals surface area contributed by atoms with Gasteiger partial charge in [-0.25, -0.2) is 14.5 Å². The minimum absolute atomic E-state index is 0.188. The molecule has 0 aromatic heterocycles. The highest BCUT2D eigenvalue weighted by Gasteiger charge is 2.52. The molecule has 7 heteroatoms. The standard InChI is InChI=1S/C18H24N2O5/c1-6-13(15(21)25-7-2)20-16(22)18(4,19-17(20)23)12-8-9-14(24-5)11(3)10-12/h8-10,13H,6-7H2,1-5H3,(H,19,23). The van der Waals surface area contributed by atoms with Crippen molar-refractivity contribution in [2.45, 2.75) is 45.7 Å². The van der Waals surface area contributed by atoms with E-state index in [-0.39, 0.29) is 13.0 Å². The summed E-state index contributed by atoms with van der Waals surface area (Å²) in [6.07, 6.45) is 0.287. The van der Waals surface area contributed by atoms with Crippen LogP contribution in [0.3, 0.4) is 0 Å². The molecule has 0 aliphatic carbocycles. The van der Waals surface area contributed by atoms with E-state index in [1.165, 1.54) is 0 Å². The Kier molecular flexibility index (Phi) is 5.35. The van der Waals surface area contributed by atoms with E-state index in [4.69, 9.17) is 9.47 Å². The van der Waals surface area contributed by atoms with Crippen molar-refractivity contribution in [2.24, 2.45) is 0 Å². The zero-order chi connectivity index (χ0) is 18.8. The van der Waals surface area contributed by atoms with Crippen molar-refractivity contribution in [3.63, 3.8) is 0 Å². The minimum atomic E-state index is -1.24. The number of aryl methyl sites for hydroxylation is 1. The smallest absolute Gasteiger partial charge is 0.329 e. The fraction of sp³-hybridized carbons (Fsp3) is 0.500. The summed E-state index contributed by atoms with van der Waals surface area (Å²) in [6, 6.07) is 3.75. The van der Waals surface area contributed by atoms with Crippen LogP contribution in [0.2, 0.25) is 0 Å². The van der Waals surface area contributed by atoms with Crippen molar-refractivity contribution in [2.75, 3.05) is 13.7 Å². The third-order valence-electron chi connectivity index (χ3n) is 4.45. The molecule has 1 heterocycles. The van der Waals surface area contributed by atoms with Gasteiger partial charge in [-0.05, 0) is 50.5 Å². The highest BCUT2D eigenvalue weighted by Crippen LogP contribution is 2.33. The van der Waals surface area contributed by atoms with E-state index in [0.29, 0.717) is 11.3 Å². The molecule has 25 heavy (non-hydrogen) atoms. The van der Waals surface area contributed by atoms with E-state index in [1.54, 1.807) is 46.1 Å². The van der Waals surface area contributed by atoms with E-state index in [2.05, 4.69) is 5.32 Å². The Balaban J connectivity index is 2.39. The van der Waals surface area contributed by atoms with Gasteiger partial charge >= 0.3 is 12.0 Å². The Morgan fingerprint density at radius 2 is 2.00 bits per heavy atom. The Morgan fingerprint density at radius 3 is 2.52 bits per heavy atom. The van der Waals surface area contributed by atoms with Crippen molar-refractivity contribution in [1.29, 1.82) is 0 Å². The van der Waals surface area contributed by atoms with Crippen LogP contribution in [0.15, 0.2) is 18.2 Å². The van der Waals surface area contributed by atoms with Gasteiger partial charge in [0, 0.05) is 0 Å². The van der Waals surface area contributed by atoms with Crippen molar-refractivity contribution in [3.05, 3.63) is 29.3 Å². The molecule has 136 valence electrons. The van der Waals surface area contributed by atoms with Gasteiger partial charge in [-0.15, -0.1) is 0 Å². The first-order chi connectivity index (χ1) is 11.8. The van der Waals surface area contributed by atoms with Crippen molar-refractivity contribution < 1.29 is 23.9 Å². The molecule has 2 unspecified atom stereocenters. The largest absolute Gasteiger partial charge is 0.496 e. The number of methoxy groups -OCH3 is 1. The van der Waals surface area contributed by atoms with E-state index >= 15 is 0 Å². The lowest BCUT2D eigenvalue weighted by Gasteiger charge is -2.25. The van der Waals surface area contributed by atoms with E-state index < -0.39 is 29.5 Å². The number of carbonyl (C=O) groups is 3. The molecule has 1 aromatic rings. The van der Waals surface area contributed by atoms with Gasteiger partial charge in [0.1, 0.15) is 17.3 Å². The monoisotopic (exact) mass is 348 g/mol. The number of hydrogen-bond acceptors (Lipinski definition) is 5. The number of hydrogen-bond donors (Lipinski definition) is 1. The van der Waals surface area contributed by atoms with Crippen molar-refractivity contribution in [1.82, 2.24) is 10.2 Å². The van der Waals surface area contributed by atoms with Gasteiger partial charge < -0.3 is 14.8 Å². The molecular formula is C18H24N2O5. The van der Waals surface area contributed by atoms with Gasteiger partial charge in [0.2, 0.25) is 0 Å². The average molecular weight is 348 g/mol. The predicted octanol–water partition coefficient (Wildman–Crippen LogP) is 2.11. The molecule has 7 nitrogen and oxygen atoms in total. The maximum absolute atomic E-state index is 13.0. The average Bonchev–Trinajstić information content (AvgIpc) is 2.80. The Labute approximate surface area is 147 Å². The number of nitrogens with zero attached hydrogens (tertiary/aromatic N) is 1. The summed E-state index contributed by atoms with van der Waals surface area (Å²) in [5.41, 5.74) is 0.234. The van der Waals surface area contributed by atoms with Gasteiger partial charge in [0.25, 0.3) is 5.91 Å². The molecule has 1 aliphatic rings. The quantitative estimate of drug-likeness (QED) is 0.629. The lowest BCUT2D eigenvalue weighted by Crippen LogP contribution is -2.47. The first-order valence-corrected chi connectivity index (χ1v) is 8.27. The molecule has 1 aromatic carbocycles. The summed E-state index contributed by atoms with van der Waals surface area (Å²) < 4.78 is 10.2. The Bertz CT molecular complexity index is 703. The third kappa shape index (κ3) is 3.18. The van der Waals surface area contributed by atoms with Crippen LogP contribution >= 0.6 is 0 Å². The minimum Gasteiger partial charge on any atom is -0.496 e. The molecule has 3 amide bonds. The second-order valence-corrected chi connectivity index (χ2v) is 6.09. The van der Waals surface area contributed by atoms with Crippen LogP contribution in [0.4, 0.5) is 4.79 Å². The summed E-state index contributed by atoms with van der Waals surface area (Å²) in [4.78, 5) is 38.6. The SMILES string of the molecule is CCOC(=O)C(CC)N1C(=O)NC(C)(c2ccc(OC)c(C)c2)C1=O. The molecule has 1 saturated heterocycles. The molecule has 2 rings (SSSR count). The van der Waals surface area contributed by atoms with Gasteiger partial charge in [-0.2, -0.15) is 0 Å². The number of ether oxygens (including phenoxy) is 2. The Hall–Kier alpha value is -2.57. The first kappa shape index (κ1) is 18.8. The molecule has 2 atom stereocenters. The second kappa shape index (κ2) is 7.13. The molecule has 0 spiro atoms. The van der Waals surface area contributed by atoms with Gasteiger partial charge in [-0.3, -0.25) is 4.79 Å². The van der Waals surface area contributed by atoms with Crippen LogP contribution < -0.4 is 10.1 Å². The molecule has 1 aliphatic heterocycles. The number of urea groups is 1. The first-order valence-electron chi connectivity index (χ1n) is 8.27. The lowest BCUT2D eigenvalue weighted by atomic mass is 9.90. The number of imide groups is 1. The van der Waals surface area contributed by atoms with Gasteiger partial charge in [0.05, 0.1) is 13.7 Å². The predicted molar refractivity (Wildman–Crippen MR) is 91.2 cm³/mol. The zero-order valence-electron chi connectivity index (χ0n) is 15.2. The summed E-state index contributed by atoms with van der Waals surface area (Å²) in [5.74, 6) is -0.357. The normalized spacial score (nSPS) is 21.1. The van der Waals surface area contributed by atoms with Crippen LogP contribution in [-0.4, -0.2) is 42.6 Å². The fourth-order valence-electron chi connectivity index (χ4n) is 3.02. The maximum Gasteiger partial charge on any atom is 0.329 e. The molecule has 1 N–H and O–H groups in total. The van der Waals surface area contributed by atoms with E-state index in [9.17, 15) is 14.4 Å². The molecular weight excluding hydrogens is 324 g/mol. The number of nitrogens with one attached hydrogen (secondary N) is 1. The summed E-state index contributed by atoms with van der Waals surface area (Å²) in [6.45, 7) is 7.09. The van der Waals surface area contributed by atoms with Crippen molar-refractivity contribution in [3.8, 4) is 5.75 Å². The summed E-state index contributed by atoms with van der Waals surface area (Å²) >= 11 is 0. The van der Waals surface area contributed by atoms with Crippen LogP contribution in [0, 0.1) is 6.92 Å². The highest BCUT2D eigenvalue weighted by molar-refractivity contribution is 6.09. The number of amides is 3. The number of carbonyl (C=O) groups excluding carboxylic acids is 3. The van der Waals surface area contributed by atoms with E-state index in [0.717, 1.165) is 10.5 Å². The molecule has 0 bridgehead atoms. The highest BCUT2D eigenvalue weighted by atomic mass is 16.5. The molecule has 1 fully saturated rings. The summed E-state index contributed by atoms with van der Waals surface area (Å²) in [5, 5.41) is 2.71. The number of benzene rings is 1. The Morgan fingerprint density at radius 1 is 1.32 bits per heavy atom. The van der Waals surface area contributed by atoms with Gasteiger partial charge in [-0.1, -0.05) is 13.0 Å². The van der Waals surface area contributed by atoms with Crippen LogP contribution in [0.5, 0.6) is 5.75 Å². The second-order valence-electron chi connectivity index (χ2n) is 6.09. The van der Waals surface area contributed by atoms with Crippen LogP contribution in [0.25, 0.3) is 0 Å². The van der Waals surface area contributed by atoms with Crippen LogP contribution in [0.1, 0.15) is 38.3 Å². The topological polar surface area (TPSA) is 84.9 Å². The molecule has 0 saturated carbocycles. The zero-order valence-corrected chi connectivity index (χ0v) is 15.2. The maximum atomic E-state index is 13.0. The summed E-state index contributed by atoms with van der Waals surface area (Å²) in [7, 11) is 1.57. The molecule has 0 radical (unpaired) electrons. The fourth-order valence-corrected chi connectivity index (χ4v) is 3.02. The third-order valence-corrected chi connectivity index (χ3v) is 4.45. The number of rotatable bonds is 6. The lowest BCUT2D eigenvalue weighted by molar-refractivity contribution is -0.152. The van der Waals surface area contributed by atoms with Crippen LogP contribution in [-0.2, 0) is 19.9 Å². The van der Waals surface area contributed by atoms with Crippen molar-refractivity contribution >= 4 is 17.9 Å². The van der Waals surface area contributed by atoms with E-state index in [1.807, 2.05) is 6.92 Å².